The Morgan fingerprint density at radius 1 is 1.71 bits per heavy atom. The zero-order chi connectivity index (χ0) is 5.70. The molecule has 0 aromatic heterocycles. The van der Waals surface area contributed by atoms with E-state index in [0.717, 1.165) is 6.42 Å². The van der Waals surface area contributed by atoms with E-state index in [1.807, 2.05) is 6.92 Å². The molecule has 0 heterocycles. The highest BCUT2D eigenvalue weighted by atomic mass is 35.5. The zero-order valence-electron chi connectivity index (χ0n) is 4.52. The lowest BCUT2D eigenvalue weighted by Crippen LogP contribution is -1.99. The van der Waals surface area contributed by atoms with Crippen LogP contribution in [0.15, 0.2) is 0 Å². The molecule has 0 aliphatic carbocycles. The smallest absolute Gasteiger partial charge is 0.0457 e. The van der Waals surface area contributed by atoms with Gasteiger partial charge in [-0.3, -0.25) is 0 Å². The quantitative estimate of drug-likeness (QED) is 0.559. The van der Waals surface area contributed by atoms with E-state index in [1.165, 1.54) is 0 Å². The van der Waals surface area contributed by atoms with E-state index < -0.39 is 0 Å². The molecule has 0 aliphatic heterocycles. The predicted octanol–water partition coefficient (Wildman–Crippen LogP) is 1.24. The number of aliphatic hydroxyl groups is 1. The van der Waals surface area contributed by atoms with Crippen molar-refractivity contribution in [3.8, 4) is 0 Å². The van der Waals surface area contributed by atoms with Gasteiger partial charge >= 0.3 is 0 Å². The highest BCUT2D eigenvalue weighted by Crippen LogP contribution is 1.99. The molecule has 0 aliphatic rings. The van der Waals surface area contributed by atoms with Gasteiger partial charge in [0, 0.05) is 12.5 Å². The van der Waals surface area contributed by atoms with Crippen LogP contribution in [0.25, 0.3) is 0 Å². The van der Waals surface area contributed by atoms with E-state index in [9.17, 15) is 0 Å². The van der Waals surface area contributed by atoms with E-state index in [4.69, 9.17) is 16.7 Å². The molecule has 0 aromatic rings. The summed E-state index contributed by atoms with van der Waals surface area (Å²) < 4.78 is 0. The van der Waals surface area contributed by atoms with Crippen LogP contribution in [0.5, 0.6) is 0 Å². The summed E-state index contributed by atoms with van der Waals surface area (Å²) in [6, 6.07) is 0. The second-order valence-corrected chi connectivity index (χ2v) is 2.14. The number of hydrogen-bond acceptors (Lipinski definition) is 1. The summed E-state index contributed by atoms with van der Waals surface area (Å²) in [5.41, 5.74) is 0. The van der Waals surface area contributed by atoms with E-state index in [-0.39, 0.29) is 6.61 Å². The Bertz CT molecular complexity index is 39.1. The fraction of sp³-hybridized carbons (Fsp3) is 1.00. The third kappa shape index (κ3) is 4.10. The van der Waals surface area contributed by atoms with Crippen LogP contribution in [0.3, 0.4) is 0 Å². The van der Waals surface area contributed by atoms with E-state index in [0.29, 0.717) is 11.8 Å². The Balaban J connectivity index is 2.83. The normalized spacial score (nSPS) is 14.1. The summed E-state index contributed by atoms with van der Waals surface area (Å²) in [5, 5.41) is 8.41. The second-order valence-electron chi connectivity index (χ2n) is 1.77. The van der Waals surface area contributed by atoms with Crippen molar-refractivity contribution in [1.82, 2.24) is 0 Å². The van der Waals surface area contributed by atoms with Crippen molar-refractivity contribution in [3.63, 3.8) is 0 Å². The van der Waals surface area contributed by atoms with Crippen LogP contribution < -0.4 is 0 Å². The van der Waals surface area contributed by atoms with Crippen LogP contribution in [-0.4, -0.2) is 17.6 Å². The molecular weight excluding hydrogens is 112 g/mol. The molecule has 0 saturated carbocycles. The number of halogens is 1. The summed E-state index contributed by atoms with van der Waals surface area (Å²) in [6.45, 7) is 2.23. The van der Waals surface area contributed by atoms with Crippen molar-refractivity contribution in [2.75, 3.05) is 12.5 Å². The van der Waals surface area contributed by atoms with Crippen LogP contribution in [0, 0.1) is 5.92 Å². The Labute approximate surface area is 49.3 Å². The molecule has 0 rings (SSSR count). The van der Waals surface area contributed by atoms with Crippen molar-refractivity contribution >= 4 is 11.6 Å². The molecule has 0 spiro atoms. The average Bonchev–Trinajstić information content (AvgIpc) is 1.68. The molecule has 7 heavy (non-hydrogen) atoms. The minimum absolute atomic E-state index is 0.257. The molecule has 0 aromatic carbocycles. The van der Waals surface area contributed by atoms with Gasteiger partial charge in [-0.1, -0.05) is 6.92 Å². The van der Waals surface area contributed by atoms with Crippen LogP contribution in [0.1, 0.15) is 13.3 Å². The van der Waals surface area contributed by atoms with Gasteiger partial charge in [-0.15, -0.1) is 11.6 Å². The lowest BCUT2D eigenvalue weighted by Gasteiger charge is -2.00. The van der Waals surface area contributed by atoms with Gasteiger partial charge in [-0.25, -0.2) is 0 Å². The first-order valence-corrected chi connectivity index (χ1v) is 3.01. The molecule has 0 amide bonds. The standard InChI is InChI=1S/C5H11ClO/c1-5(4-7)2-3-6/h5,7H,2-4H2,1H3/t5-/m1/s1. The topological polar surface area (TPSA) is 20.2 Å². The van der Waals surface area contributed by atoms with Crippen LogP contribution >= 0.6 is 11.6 Å². The van der Waals surface area contributed by atoms with Crippen molar-refractivity contribution in [3.05, 3.63) is 0 Å². The zero-order valence-corrected chi connectivity index (χ0v) is 5.28. The summed E-state index contributed by atoms with van der Waals surface area (Å²) in [4.78, 5) is 0. The van der Waals surface area contributed by atoms with Gasteiger partial charge in [0.25, 0.3) is 0 Å². The van der Waals surface area contributed by atoms with Crippen LogP contribution in [0.2, 0.25) is 0 Å². The first-order valence-electron chi connectivity index (χ1n) is 2.48. The van der Waals surface area contributed by atoms with Gasteiger partial charge in [0.2, 0.25) is 0 Å². The van der Waals surface area contributed by atoms with Crippen LogP contribution in [0.4, 0.5) is 0 Å². The molecule has 44 valence electrons. The van der Waals surface area contributed by atoms with Crippen molar-refractivity contribution < 1.29 is 5.11 Å². The molecular formula is C5H11ClO. The molecule has 0 bridgehead atoms. The van der Waals surface area contributed by atoms with Gasteiger partial charge in [-0.05, 0) is 12.3 Å². The highest BCUT2D eigenvalue weighted by Gasteiger charge is 1.94. The average molecular weight is 123 g/mol. The first-order chi connectivity index (χ1) is 3.31. The largest absolute Gasteiger partial charge is 0.396 e. The number of alkyl halides is 1. The molecule has 0 fully saturated rings. The molecule has 1 N–H and O–H groups in total. The van der Waals surface area contributed by atoms with Gasteiger partial charge in [-0.2, -0.15) is 0 Å². The maximum atomic E-state index is 8.41. The fourth-order valence-electron chi connectivity index (χ4n) is 0.278. The maximum absolute atomic E-state index is 8.41. The van der Waals surface area contributed by atoms with Gasteiger partial charge < -0.3 is 5.11 Å². The number of rotatable bonds is 3. The third-order valence-electron chi connectivity index (χ3n) is 0.914. The fourth-order valence-corrected chi connectivity index (χ4v) is 0.650. The van der Waals surface area contributed by atoms with Gasteiger partial charge in [0.15, 0.2) is 0 Å². The summed E-state index contributed by atoms with van der Waals surface area (Å²) >= 11 is 5.36. The summed E-state index contributed by atoms with van der Waals surface area (Å²) in [6.07, 6.45) is 0.915. The summed E-state index contributed by atoms with van der Waals surface area (Å²) in [7, 11) is 0. The van der Waals surface area contributed by atoms with Gasteiger partial charge in [0.1, 0.15) is 0 Å². The summed E-state index contributed by atoms with van der Waals surface area (Å²) in [5.74, 6) is 1.03. The van der Waals surface area contributed by atoms with Gasteiger partial charge in [0.05, 0.1) is 0 Å². The Morgan fingerprint density at radius 3 is 2.43 bits per heavy atom. The minimum atomic E-state index is 0.257. The molecule has 1 atom stereocenters. The minimum Gasteiger partial charge on any atom is -0.396 e. The Kier molecular flexibility index (Phi) is 4.57. The SMILES string of the molecule is C[C@@H](CO)CCCl. The van der Waals surface area contributed by atoms with E-state index in [1.54, 1.807) is 0 Å². The third-order valence-corrected chi connectivity index (χ3v) is 1.13. The Hall–Kier alpha value is 0.250. The first kappa shape index (κ1) is 7.25. The second kappa shape index (κ2) is 4.41. The number of aliphatic hydroxyl groups excluding tert-OH is 1. The predicted molar refractivity (Wildman–Crippen MR) is 31.6 cm³/mol. The maximum Gasteiger partial charge on any atom is 0.0457 e. The van der Waals surface area contributed by atoms with Crippen molar-refractivity contribution in [1.29, 1.82) is 0 Å². The molecule has 0 unspecified atom stereocenters. The van der Waals surface area contributed by atoms with Crippen molar-refractivity contribution in [2.45, 2.75) is 13.3 Å². The Morgan fingerprint density at radius 2 is 2.29 bits per heavy atom. The molecule has 0 saturated heterocycles. The lowest BCUT2D eigenvalue weighted by molar-refractivity contribution is 0.235. The number of hydrogen-bond donors (Lipinski definition) is 1. The molecule has 2 heteroatoms. The molecule has 0 radical (unpaired) electrons. The lowest BCUT2D eigenvalue weighted by atomic mass is 10.1. The van der Waals surface area contributed by atoms with Crippen LogP contribution in [-0.2, 0) is 0 Å². The molecule has 1 nitrogen and oxygen atoms in total. The van der Waals surface area contributed by atoms with E-state index >= 15 is 0 Å². The van der Waals surface area contributed by atoms with E-state index in [2.05, 4.69) is 0 Å². The monoisotopic (exact) mass is 122 g/mol. The highest BCUT2D eigenvalue weighted by molar-refractivity contribution is 6.17. The van der Waals surface area contributed by atoms with Crippen molar-refractivity contribution in [2.24, 2.45) is 5.92 Å².